The normalized spacial score (nSPS) is 10.5. The van der Waals surface area contributed by atoms with Gasteiger partial charge in [-0.05, 0) is 43.7 Å². The van der Waals surface area contributed by atoms with Crippen LogP contribution < -0.4 is 20.1 Å². The Balaban J connectivity index is 1.61. The molecular formula is C22H26N4O3. The zero-order valence-electron chi connectivity index (χ0n) is 17.2. The fraction of sp³-hybridized carbons (Fsp3) is 0.273. The summed E-state index contributed by atoms with van der Waals surface area (Å²) in [4.78, 5) is 12.3. The van der Waals surface area contributed by atoms with Gasteiger partial charge in [-0.3, -0.25) is 0 Å². The number of carbonyl (C=O) groups is 1. The quantitative estimate of drug-likeness (QED) is 0.643. The molecule has 0 bridgehead atoms. The molecule has 0 atom stereocenters. The highest BCUT2D eigenvalue weighted by Crippen LogP contribution is 2.22. The first kappa shape index (κ1) is 20.3. The lowest BCUT2D eigenvalue weighted by molar-refractivity contribution is 0.240. The lowest BCUT2D eigenvalue weighted by Gasteiger charge is -2.11. The lowest BCUT2D eigenvalue weighted by atomic mass is 10.2. The second-order valence-electron chi connectivity index (χ2n) is 6.65. The van der Waals surface area contributed by atoms with Crippen molar-refractivity contribution in [2.24, 2.45) is 0 Å². The minimum Gasteiger partial charge on any atom is -0.497 e. The summed E-state index contributed by atoms with van der Waals surface area (Å²) in [6.07, 6.45) is 0. The second kappa shape index (κ2) is 9.14. The molecule has 0 aliphatic rings. The third-order valence-corrected chi connectivity index (χ3v) is 4.73. The molecule has 7 heteroatoms. The molecule has 1 heterocycles. The Morgan fingerprint density at radius 2 is 1.59 bits per heavy atom. The van der Waals surface area contributed by atoms with Crippen LogP contribution in [0.25, 0.3) is 5.69 Å². The Hall–Kier alpha value is -3.48. The molecule has 2 N–H and O–H groups in total. The van der Waals surface area contributed by atoms with Crippen LogP contribution in [0.5, 0.6) is 11.5 Å². The minimum absolute atomic E-state index is 0.252. The predicted octanol–water partition coefficient (Wildman–Crippen LogP) is 3.51. The van der Waals surface area contributed by atoms with E-state index in [1.54, 1.807) is 20.3 Å². The molecule has 29 heavy (non-hydrogen) atoms. The highest BCUT2D eigenvalue weighted by molar-refractivity contribution is 5.74. The Bertz CT molecular complexity index is 961. The van der Waals surface area contributed by atoms with Gasteiger partial charge in [-0.1, -0.05) is 18.2 Å². The van der Waals surface area contributed by atoms with Crippen LogP contribution in [-0.4, -0.2) is 30.0 Å². The molecule has 3 aromatic rings. The highest BCUT2D eigenvalue weighted by Gasteiger charge is 2.13. The summed E-state index contributed by atoms with van der Waals surface area (Å²) >= 11 is 0. The summed E-state index contributed by atoms with van der Waals surface area (Å²) in [5, 5.41) is 10.4. The zero-order valence-corrected chi connectivity index (χ0v) is 17.2. The fourth-order valence-electron chi connectivity index (χ4n) is 3.13. The van der Waals surface area contributed by atoms with Crippen LogP contribution >= 0.6 is 0 Å². The maximum Gasteiger partial charge on any atom is 0.315 e. The largest absolute Gasteiger partial charge is 0.497 e. The van der Waals surface area contributed by atoms with Gasteiger partial charge in [0.15, 0.2) is 0 Å². The van der Waals surface area contributed by atoms with E-state index in [1.165, 1.54) is 0 Å². The smallest absolute Gasteiger partial charge is 0.315 e. The van der Waals surface area contributed by atoms with E-state index in [1.807, 2.05) is 61.0 Å². The number of carbonyl (C=O) groups excluding carboxylic acids is 1. The van der Waals surface area contributed by atoms with Gasteiger partial charge in [0.25, 0.3) is 0 Å². The van der Waals surface area contributed by atoms with E-state index in [0.29, 0.717) is 24.6 Å². The van der Waals surface area contributed by atoms with E-state index >= 15 is 0 Å². The number of hydrogen-bond donors (Lipinski definition) is 2. The molecule has 0 saturated heterocycles. The maximum atomic E-state index is 12.3. The number of methoxy groups -OCH3 is 2. The summed E-state index contributed by atoms with van der Waals surface area (Å²) < 4.78 is 12.4. The number of rotatable bonds is 7. The summed E-state index contributed by atoms with van der Waals surface area (Å²) in [7, 11) is 3.19. The van der Waals surface area contributed by atoms with Crippen molar-refractivity contribution in [3.63, 3.8) is 0 Å². The third-order valence-electron chi connectivity index (χ3n) is 4.73. The van der Waals surface area contributed by atoms with Crippen LogP contribution in [0.15, 0.2) is 48.5 Å². The maximum absolute atomic E-state index is 12.3. The minimum atomic E-state index is -0.252. The Kier molecular flexibility index (Phi) is 6.39. The first-order valence-corrected chi connectivity index (χ1v) is 9.36. The molecule has 2 aromatic carbocycles. The van der Waals surface area contributed by atoms with Gasteiger partial charge < -0.3 is 20.1 Å². The van der Waals surface area contributed by atoms with Crippen molar-refractivity contribution in [1.82, 2.24) is 20.4 Å². The third kappa shape index (κ3) is 4.87. The van der Waals surface area contributed by atoms with E-state index in [-0.39, 0.29) is 6.03 Å². The molecule has 3 rings (SSSR count). The molecule has 0 aliphatic carbocycles. The monoisotopic (exact) mass is 394 g/mol. The number of amides is 2. The van der Waals surface area contributed by atoms with Crippen molar-refractivity contribution in [3.8, 4) is 17.2 Å². The van der Waals surface area contributed by atoms with Gasteiger partial charge in [0.05, 0.1) is 25.6 Å². The topological polar surface area (TPSA) is 77.4 Å². The number of para-hydroxylation sites is 1. The average Bonchev–Trinajstić information content (AvgIpc) is 3.04. The van der Waals surface area contributed by atoms with Gasteiger partial charge in [-0.25, -0.2) is 9.48 Å². The van der Waals surface area contributed by atoms with Crippen LogP contribution in [0.2, 0.25) is 0 Å². The lowest BCUT2D eigenvalue weighted by Crippen LogP contribution is -2.34. The van der Waals surface area contributed by atoms with Crippen molar-refractivity contribution in [2.45, 2.75) is 26.9 Å². The Morgan fingerprint density at radius 3 is 2.21 bits per heavy atom. The summed E-state index contributed by atoms with van der Waals surface area (Å²) in [6.45, 7) is 4.72. The standard InChI is InChI=1S/C22H26N4O3/c1-15-21(16(2)26(25-15)18-8-6-5-7-9-18)14-24-22(27)23-13-17-10-19(28-3)12-20(11-17)29-4/h5-12H,13-14H2,1-4H3,(H2,23,24,27). The molecular weight excluding hydrogens is 368 g/mol. The van der Waals surface area contributed by atoms with Crippen molar-refractivity contribution in [2.75, 3.05) is 14.2 Å². The van der Waals surface area contributed by atoms with Gasteiger partial charge in [0.1, 0.15) is 11.5 Å². The number of urea groups is 1. The molecule has 152 valence electrons. The predicted molar refractivity (Wildman–Crippen MR) is 112 cm³/mol. The van der Waals surface area contributed by atoms with Crippen LogP contribution in [0.4, 0.5) is 4.79 Å². The number of benzene rings is 2. The van der Waals surface area contributed by atoms with Crippen molar-refractivity contribution < 1.29 is 14.3 Å². The summed E-state index contributed by atoms with van der Waals surface area (Å²) in [5.74, 6) is 1.36. The Morgan fingerprint density at radius 1 is 0.966 bits per heavy atom. The number of ether oxygens (including phenoxy) is 2. The molecule has 0 saturated carbocycles. The van der Waals surface area contributed by atoms with Gasteiger partial charge in [0, 0.05) is 30.4 Å². The van der Waals surface area contributed by atoms with E-state index in [4.69, 9.17) is 9.47 Å². The molecule has 2 amide bonds. The fourth-order valence-corrected chi connectivity index (χ4v) is 3.13. The van der Waals surface area contributed by atoms with E-state index in [2.05, 4.69) is 15.7 Å². The van der Waals surface area contributed by atoms with Gasteiger partial charge in [0.2, 0.25) is 0 Å². The number of aromatic nitrogens is 2. The molecule has 0 radical (unpaired) electrons. The van der Waals surface area contributed by atoms with Gasteiger partial charge in [-0.15, -0.1) is 0 Å². The number of nitrogens with one attached hydrogen (secondary N) is 2. The number of aryl methyl sites for hydroxylation is 1. The van der Waals surface area contributed by atoms with Crippen LogP contribution in [-0.2, 0) is 13.1 Å². The van der Waals surface area contributed by atoms with Gasteiger partial charge >= 0.3 is 6.03 Å². The van der Waals surface area contributed by atoms with E-state index < -0.39 is 0 Å². The number of hydrogen-bond acceptors (Lipinski definition) is 4. The van der Waals surface area contributed by atoms with Gasteiger partial charge in [-0.2, -0.15) is 5.10 Å². The molecule has 0 fully saturated rings. The first-order chi connectivity index (χ1) is 14.0. The van der Waals surface area contributed by atoms with Crippen molar-refractivity contribution in [3.05, 3.63) is 71.0 Å². The zero-order chi connectivity index (χ0) is 20.8. The molecule has 0 aliphatic heterocycles. The van der Waals surface area contributed by atoms with Crippen molar-refractivity contribution >= 4 is 6.03 Å². The Labute approximate surface area is 170 Å². The highest BCUT2D eigenvalue weighted by atomic mass is 16.5. The molecule has 7 nitrogen and oxygen atoms in total. The molecule has 0 unspecified atom stereocenters. The number of nitrogens with zero attached hydrogens (tertiary/aromatic N) is 2. The van der Waals surface area contributed by atoms with E-state index in [0.717, 1.165) is 28.2 Å². The van der Waals surface area contributed by atoms with E-state index in [9.17, 15) is 4.79 Å². The summed E-state index contributed by atoms with van der Waals surface area (Å²) in [5.41, 5.74) is 4.79. The van der Waals surface area contributed by atoms with Crippen molar-refractivity contribution in [1.29, 1.82) is 0 Å². The molecule has 1 aromatic heterocycles. The summed E-state index contributed by atoms with van der Waals surface area (Å²) in [6, 6.07) is 15.2. The first-order valence-electron chi connectivity index (χ1n) is 9.36. The second-order valence-corrected chi connectivity index (χ2v) is 6.65. The SMILES string of the molecule is COc1cc(CNC(=O)NCc2c(C)nn(-c3ccccc3)c2C)cc(OC)c1. The van der Waals surface area contributed by atoms with Crippen LogP contribution in [0.1, 0.15) is 22.5 Å². The average molecular weight is 394 g/mol. The van der Waals surface area contributed by atoms with Crippen LogP contribution in [0, 0.1) is 13.8 Å². The van der Waals surface area contributed by atoms with Crippen LogP contribution in [0.3, 0.4) is 0 Å². The molecule has 0 spiro atoms.